The Morgan fingerprint density at radius 3 is 2.53 bits per heavy atom. The lowest BCUT2D eigenvalue weighted by Crippen LogP contribution is -2.39. The molecule has 0 radical (unpaired) electrons. The molecule has 3 nitrogen and oxygen atoms in total. The fraction of sp³-hybridized carbons (Fsp3) is 0.500. The number of nitrogens with zero attached hydrogens (tertiary/aromatic N) is 1. The summed E-state index contributed by atoms with van der Waals surface area (Å²) in [5.74, 6) is 0.961. The van der Waals surface area contributed by atoms with Gasteiger partial charge in [0, 0.05) is 11.9 Å². The van der Waals surface area contributed by atoms with Gasteiger partial charge in [0.05, 0.1) is 5.37 Å². The van der Waals surface area contributed by atoms with Crippen LogP contribution in [0.2, 0.25) is 0 Å². The molecule has 0 saturated heterocycles. The third-order valence-corrected chi connectivity index (χ3v) is 4.53. The largest absolute Gasteiger partial charge is 0.415 e. The molecule has 1 aromatic carbocycles. The number of carbonyl (C=O) groups excluding carboxylic acids is 1. The number of halogens is 1. The Balaban J connectivity index is 2.74. The number of rotatable bonds is 4. The minimum absolute atomic E-state index is 0.0791. The van der Waals surface area contributed by atoms with Crippen molar-refractivity contribution in [2.45, 2.75) is 36.9 Å². The van der Waals surface area contributed by atoms with Crippen molar-refractivity contribution >= 4 is 34.7 Å². The lowest BCUT2D eigenvalue weighted by atomic mass is 10.0. The molecule has 0 spiro atoms. The predicted molar refractivity (Wildman–Crippen MR) is 85.5 cm³/mol. The smallest absolute Gasteiger partial charge is 0.410 e. The van der Waals surface area contributed by atoms with E-state index in [0.29, 0.717) is 11.7 Å². The SMILES string of the molecule is CC(C)c1cccc(OC(=O)N(C)C(S)C(C)Br)c1. The maximum Gasteiger partial charge on any atom is 0.415 e. The average Bonchev–Trinajstić information content (AvgIpc) is 2.37. The molecule has 0 N–H and O–H groups in total. The van der Waals surface area contributed by atoms with Crippen molar-refractivity contribution in [3.63, 3.8) is 0 Å². The molecule has 2 atom stereocenters. The van der Waals surface area contributed by atoms with Crippen LogP contribution in [0.3, 0.4) is 0 Å². The Morgan fingerprint density at radius 2 is 2.00 bits per heavy atom. The van der Waals surface area contributed by atoms with E-state index in [1.807, 2.05) is 25.1 Å². The summed E-state index contributed by atoms with van der Waals surface area (Å²) < 4.78 is 5.36. The van der Waals surface area contributed by atoms with Gasteiger partial charge in [-0.1, -0.05) is 41.9 Å². The zero-order valence-electron chi connectivity index (χ0n) is 11.6. The molecule has 0 aliphatic heterocycles. The zero-order chi connectivity index (χ0) is 14.6. The number of hydrogen-bond acceptors (Lipinski definition) is 3. The van der Waals surface area contributed by atoms with E-state index in [1.165, 1.54) is 4.90 Å². The lowest BCUT2D eigenvalue weighted by Gasteiger charge is -2.25. The molecule has 19 heavy (non-hydrogen) atoms. The quantitative estimate of drug-likeness (QED) is 0.501. The van der Waals surface area contributed by atoms with Crippen LogP contribution in [-0.2, 0) is 0 Å². The highest BCUT2D eigenvalue weighted by atomic mass is 79.9. The fourth-order valence-corrected chi connectivity index (χ4v) is 1.98. The molecule has 1 rings (SSSR count). The van der Waals surface area contributed by atoms with Crippen molar-refractivity contribution in [2.24, 2.45) is 0 Å². The fourth-order valence-electron chi connectivity index (χ4n) is 1.53. The number of thiol groups is 1. The van der Waals surface area contributed by atoms with Crippen LogP contribution < -0.4 is 4.74 Å². The van der Waals surface area contributed by atoms with E-state index >= 15 is 0 Å². The second-order valence-electron chi connectivity index (χ2n) is 4.80. The van der Waals surface area contributed by atoms with Gasteiger partial charge < -0.3 is 4.74 Å². The highest BCUT2D eigenvalue weighted by molar-refractivity contribution is 9.09. The van der Waals surface area contributed by atoms with Gasteiger partial charge >= 0.3 is 6.09 Å². The highest BCUT2D eigenvalue weighted by Crippen LogP contribution is 2.21. The molecule has 106 valence electrons. The lowest BCUT2D eigenvalue weighted by molar-refractivity contribution is 0.159. The Morgan fingerprint density at radius 1 is 1.37 bits per heavy atom. The third-order valence-electron chi connectivity index (χ3n) is 2.83. The van der Waals surface area contributed by atoms with Gasteiger partial charge in [-0.25, -0.2) is 4.79 Å². The molecule has 1 aromatic rings. The van der Waals surface area contributed by atoms with Crippen molar-refractivity contribution in [1.82, 2.24) is 4.90 Å². The summed E-state index contributed by atoms with van der Waals surface area (Å²) >= 11 is 7.76. The first kappa shape index (κ1) is 16.4. The normalized spacial score (nSPS) is 14.1. The summed E-state index contributed by atoms with van der Waals surface area (Å²) in [6, 6.07) is 7.58. The van der Waals surface area contributed by atoms with E-state index in [0.717, 1.165) is 5.56 Å². The third kappa shape index (κ3) is 4.73. The van der Waals surface area contributed by atoms with E-state index in [9.17, 15) is 4.79 Å². The highest BCUT2D eigenvalue weighted by Gasteiger charge is 2.22. The predicted octanol–water partition coefficient (Wildman–Crippen LogP) is 4.28. The van der Waals surface area contributed by atoms with Crippen molar-refractivity contribution < 1.29 is 9.53 Å². The van der Waals surface area contributed by atoms with E-state index in [2.05, 4.69) is 42.4 Å². The Labute approximate surface area is 128 Å². The molecule has 0 heterocycles. The number of hydrogen-bond donors (Lipinski definition) is 1. The summed E-state index contributed by atoms with van der Waals surface area (Å²) in [5.41, 5.74) is 1.14. The molecule has 2 unspecified atom stereocenters. The van der Waals surface area contributed by atoms with E-state index < -0.39 is 6.09 Å². The number of benzene rings is 1. The summed E-state index contributed by atoms with van der Waals surface area (Å²) in [5, 5.41) is -0.235. The van der Waals surface area contributed by atoms with Crippen LogP contribution in [0.25, 0.3) is 0 Å². The Hall–Kier alpha value is -0.680. The Bertz CT molecular complexity index is 437. The molecule has 0 fully saturated rings. The van der Waals surface area contributed by atoms with E-state index in [-0.39, 0.29) is 10.2 Å². The molecule has 0 aliphatic carbocycles. The van der Waals surface area contributed by atoms with Gasteiger partial charge in [0.2, 0.25) is 0 Å². The Kier molecular flexibility index (Phi) is 6.20. The second kappa shape index (κ2) is 7.20. The first-order valence-corrected chi connectivity index (χ1v) is 7.63. The second-order valence-corrected chi connectivity index (χ2v) is 6.77. The molecule has 5 heteroatoms. The van der Waals surface area contributed by atoms with Crippen molar-refractivity contribution in [2.75, 3.05) is 7.05 Å². The monoisotopic (exact) mass is 345 g/mol. The molecule has 1 amide bonds. The van der Waals surface area contributed by atoms with Gasteiger partial charge in [-0.3, -0.25) is 4.90 Å². The summed E-state index contributed by atoms with van der Waals surface area (Å²) in [6.07, 6.45) is -0.410. The van der Waals surface area contributed by atoms with Crippen molar-refractivity contribution in [3.05, 3.63) is 29.8 Å². The van der Waals surface area contributed by atoms with Crippen LogP contribution in [0.15, 0.2) is 24.3 Å². The number of ether oxygens (including phenoxy) is 1. The first-order chi connectivity index (χ1) is 8.82. The van der Waals surface area contributed by atoms with Gasteiger partial charge in [0.25, 0.3) is 0 Å². The molecular formula is C14H20BrNO2S. The van der Waals surface area contributed by atoms with Crippen molar-refractivity contribution in [3.8, 4) is 5.75 Å². The van der Waals surface area contributed by atoms with Gasteiger partial charge in [0.1, 0.15) is 5.75 Å². The average molecular weight is 346 g/mol. The van der Waals surface area contributed by atoms with Crippen LogP contribution in [0.5, 0.6) is 5.75 Å². The zero-order valence-corrected chi connectivity index (χ0v) is 14.1. The molecule has 0 aromatic heterocycles. The van der Waals surface area contributed by atoms with Crippen LogP contribution in [0.1, 0.15) is 32.3 Å². The van der Waals surface area contributed by atoms with Crippen LogP contribution in [0.4, 0.5) is 4.79 Å². The van der Waals surface area contributed by atoms with Gasteiger partial charge in [-0.15, -0.1) is 0 Å². The number of carbonyl (C=O) groups is 1. The summed E-state index contributed by atoms with van der Waals surface area (Å²) in [6.45, 7) is 6.13. The molecule has 0 bridgehead atoms. The summed E-state index contributed by atoms with van der Waals surface area (Å²) in [4.78, 5) is 13.5. The summed E-state index contributed by atoms with van der Waals surface area (Å²) in [7, 11) is 1.67. The maximum absolute atomic E-state index is 12.0. The standard InChI is InChI=1S/C14H20BrNO2S/c1-9(2)11-6-5-7-12(8-11)18-14(17)16(4)13(19)10(3)15/h5-10,13,19H,1-4H3. The van der Waals surface area contributed by atoms with Gasteiger partial charge in [-0.05, 0) is 30.5 Å². The first-order valence-electron chi connectivity index (χ1n) is 6.19. The van der Waals surface area contributed by atoms with Crippen LogP contribution in [0, 0.1) is 0 Å². The van der Waals surface area contributed by atoms with Crippen LogP contribution in [-0.4, -0.2) is 28.2 Å². The molecule has 0 saturated carbocycles. The number of amides is 1. The maximum atomic E-state index is 12.0. The minimum Gasteiger partial charge on any atom is -0.410 e. The van der Waals surface area contributed by atoms with E-state index in [4.69, 9.17) is 4.74 Å². The minimum atomic E-state index is -0.410. The number of alkyl halides is 1. The molecule has 0 aliphatic rings. The van der Waals surface area contributed by atoms with E-state index in [1.54, 1.807) is 13.1 Å². The van der Waals surface area contributed by atoms with Gasteiger partial charge in [-0.2, -0.15) is 12.6 Å². The molecular weight excluding hydrogens is 326 g/mol. The van der Waals surface area contributed by atoms with Gasteiger partial charge in [0.15, 0.2) is 0 Å². The van der Waals surface area contributed by atoms with Crippen LogP contribution >= 0.6 is 28.6 Å². The topological polar surface area (TPSA) is 29.5 Å². The van der Waals surface area contributed by atoms with Crippen molar-refractivity contribution in [1.29, 1.82) is 0 Å².